The van der Waals surface area contributed by atoms with Crippen molar-refractivity contribution in [1.29, 1.82) is 0 Å². The molecule has 0 bridgehead atoms. The molecule has 11 heteroatoms. The number of nitrogens with zero attached hydrogens (tertiary/aromatic N) is 3. The molecule has 1 amide bonds. The summed E-state index contributed by atoms with van der Waals surface area (Å²) in [6, 6.07) is 9.33. The largest absolute Gasteiger partial charge is 0.454 e. The van der Waals surface area contributed by atoms with Gasteiger partial charge in [0.25, 0.3) is 11.5 Å². The molecule has 180 valence electrons. The van der Waals surface area contributed by atoms with Crippen LogP contribution in [0.1, 0.15) is 16.7 Å². The number of thioether (sulfide) groups is 1. The highest BCUT2D eigenvalue weighted by Gasteiger charge is 2.32. The average Bonchev–Trinajstić information content (AvgIpc) is 3.42. The molecule has 2 aliphatic heterocycles. The number of hydrogen-bond donors (Lipinski definition) is 1. The Kier molecular flexibility index (Phi) is 6.46. The number of carbonyl (C=O) groups is 1. The van der Waals surface area contributed by atoms with Gasteiger partial charge in [-0.15, -0.1) is 0 Å². The standard InChI is InChI=1S/C24H22N4O5S2/c1-14-4-3-7-27-21(14)26-20(25-12-15-5-6-17-18(10-15)33-13-32-17)16(22(27)29)11-19-23(30)28(8-9-31-2)24(34)35-19/h3-7,10-11,25H,8-9,12-13H2,1-2H3. The first kappa shape index (κ1) is 23.3. The fourth-order valence-electron chi connectivity index (χ4n) is 3.82. The van der Waals surface area contributed by atoms with Crippen molar-refractivity contribution < 1.29 is 19.0 Å². The maximum absolute atomic E-state index is 13.5. The number of rotatable bonds is 7. The lowest BCUT2D eigenvalue weighted by Crippen LogP contribution is -2.31. The van der Waals surface area contributed by atoms with E-state index in [4.69, 9.17) is 31.4 Å². The third-order valence-corrected chi connectivity index (χ3v) is 7.03. The Bertz CT molecular complexity index is 1440. The van der Waals surface area contributed by atoms with Gasteiger partial charge in [-0.2, -0.15) is 0 Å². The Hall–Kier alpha value is -3.41. The molecule has 0 atom stereocenters. The third-order valence-electron chi connectivity index (χ3n) is 5.65. The number of nitrogens with one attached hydrogen (secondary N) is 1. The van der Waals surface area contributed by atoms with Crippen molar-refractivity contribution in [2.45, 2.75) is 13.5 Å². The number of hydrogen-bond acceptors (Lipinski definition) is 9. The molecule has 0 aliphatic carbocycles. The summed E-state index contributed by atoms with van der Waals surface area (Å²) in [6.07, 6.45) is 3.23. The summed E-state index contributed by atoms with van der Waals surface area (Å²) in [4.78, 5) is 33.1. The minimum Gasteiger partial charge on any atom is -0.454 e. The topological polar surface area (TPSA) is 94.4 Å². The van der Waals surface area contributed by atoms with Gasteiger partial charge in [-0.25, -0.2) is 4.98 Å². The van der Waals surface area contributed by atoms with Crippen LogP contribution in [0.5, 0.6) is 11.5 Å². The molecule has 0 radical (unpaired) electrons. The van der Waals surface area contributed by atoms with Gasteiger partial charge < -0.3 is 19.5 Å². The molecule has 1 aromatic carbocycles. The van der Waals surface area contributed by atoms with E-state index in [-0.39, 0.29) is 23.8 Å². The second-order valence-corrected chi connectivity index (χ2v) is 9.61. The van der Waals surface area contributed by atoms with Crippen molar-refractivity contribution in [3.05, 3.63) is 68.5 Å². The number of aryl methyl sites for hydroxylation is 1. The number of carbonyl (C=O) groups excluding carboxylic acids is 1. The van der Waals surface area contributed by atoms with Crippen molar-refractivity contribution in [3.8, 4) is 11.5 Å². The molecule has 9 nitrogen and oxygen atoms in total. The Morgan fingerprint density at radius 2 is 2.09 bits per heavy atom. The number of fused-ring (bicyclic) bond motifs is 2. The van der Waals surface area contributed by atoms with Gasteiger partial charge in [0, 0.05) is 19.9 Å². The van der Waals surface area contributed by atoms with Crippen LogP contribution in [0.4, 0.5) is 5.82 Å². The number of benzene rings is 1. The van der Waals surface area contributed by atoms with Gasteiger partial charge in [-0.1, -0.05) is 36.1 Å². The molecule has 35 heavy (non-hydrogen) atoms. The molecular formula is C24H22N4O5S2. The van der Waals surface area contributed by atoms with Crippen LogP contribution in [0.15, 0.2) is 46.2 Å². The number of amides is 1. The molecule has 1 fully saturated rings. The summed E-state index contributed by atoms with van der Waals surface area (Å²) in [5, 5.41) is 3.27. The summed E-state index contributed by atoms with van der Waals surface area (Å²) >= 11 is 6.53. The van der Waals surface area contributed by atoms with Crippen LogP contribution >= 0.6 is 24.0 Å². The highest BCUT2D eigenvalue weighted by atomic mass is 32.2. The minimum atomic E-state index is -0.283. The molecule has 3 aromatic rings. The van der Waals surface area contributed by atoms with Crippen molar-refractivity contribution in [2.75, 3.05) is 32.4 Å². The lowest BCUT2D eigenvalue weighted by molar-refractivity contribution is -0.122. The summed E-state index contributed by atoms with van der Waals surface area (Å²) in [5.74, 6) is 1.49. The van der Waals surface area contributed by atoms with Crippen molar-refractivity contribution in [1.82, 2.24) is 14.3 Å². The second kappa shape index (κ2) is 9.68. The summed E-state index contributed by atoms with van der Waals surface area (Å²) in [7, 11) is 1.56. The Morgan fingerprint density at radius 3 is 2.91 bits per heavy atom. The molecule has 4 heterocycles. The lowest BCUT2D eigenvalue weighted by atomic mass is 10.2. The fourth-order valence-corrected chi connectivity index (χ4v) is 5.11. The molecule has 0 unspecified atom stereocenters. The van der Waals surface area contributed by atoms with Crippen LogP contribution in [0, 0.1) is 6.92 Å². The van der Waals surface area contributed by atoms with Gasteiger partial charge in [-0.3, -0.25) is 18.9 Å². The van der Waals surface area contributed by atoms with Crippen LogP contribution in [0.2, 0.25) is 0 Å². The Balaban J connectivity index is 1.53. The van der Waals surface area contributed by atoms with Gasteiger partial charge in [0.05, 0.1) is 23.6 Å². The Morgan fingerprint density at radius 1 is 1.26 bits per heavy atom. The van der Waals surface area contributed by atoms with Gasteiger partial charge in [0.15, 0.2) is 11.5 Å². The van der Waals surface area contributed by atoms with Gasteiger partial charge >= 0.3 is 0 Å². The van der Waals surface area contributed by atoms with E-state index in [1.165, 1.54) is 9.30 Å². The summed E-state index contributed by atoms with van der Waals surface area (Å²) in [6.45, 7) is 3.19. The smallest absolute Gasteiger partial charge is 0.267 e. The van der Waals surface area contributed by atoms with E-state index in [0.29, 0.717) is 51.9 Å². The quantitative estimate of drug-likeness (QED) is 0.380. The first-order valence-corrected chi connectivity index (χ1v) is 12.1. The van der Waals surface area contributed by atoms with E-state index in [1.54, 1.807) is 25.4 Å². The molecule has 2 aromatic heterocycles. The zero-order valence-electron chi connectivity index (χ0n) is 19.1. The number of pyridine rings is 1. The van der Waals surface area contributed by atoms with Gasteiger partial charge in [0.1, 0.15) is 15.8 Å². The van der Waals surface area contributed by atoms with E-state index in [2.05, 4.69) is 5.32 Å². The summed E-state index contributed by atoms with van der Waals surface area (Å²) < 4.78 is 17.8. The summed E-state index contributed by atoms with van der Waals surface area (Å²) in [5.41, 5.74) is 2.32. The van der Waals surface area contributed by atoms with Crippen molar-refractivity contribution >= 4 is 51.7 Å². The zero-order valence-corrected chi connectivity index (χ0v) is 20.7. The minimum absolute atomic E-state index is 0.196. The fraction of sp³-hybridized carbons (Fsp3) is 0.250. The van der Waals surface area contributed by atoms with E-state index in [1.807, 2.05) is 31.2 Å². The predicted molar refractivity (Wildman–Crippen MR) is 138 cm³/mol. The maximum atomic E-state index is 13.5. The third kappa shape index (κ3) is 4.49. The first-order valence-electron chi connectivity index (χ1n) is 10.8. The number of aromatic nitrogens is 2. The van der Waals surface area contributed by atoms with E-state index < -0.39 is 0 Å². The van der Waals surface area contributed by atoms with Crippen LogP contribution in [0.3, 0.4) is 0 Å². The van der Waals surface area contributed by atoms with Crippen molar-refractivity contribution in [2.24, 2.45) is 0 Å². The monoisotopic (exact) mass is 510 g/mol. The number of anilines is 1. The molecule has 0 spiro atoms. The van der Waals surface area contributed by atoms with Crippen LogP contribution < -0.4 is 20.3 Å². The molecule has 2 aliphatic rings. The van der Waals surface area contributed by atoms with Crippen molar-refractivity contribution in [3.63, 3.8) is 0 Å². The zero-order chi connectivity index (χ0) is 24.5. The number of methoxy groups -OCH3 is 1. The Labute approximate surface area is 210 Å². The SMILES string of the molecule is COCCN1C(=O)C(=Cc2c(NCc3ccc4c(c3)OCO4)nc3c(C)cccn3c2=O)SC1=S. The van der Waals surface area contributed by atoms with E-state index >= 15 is 0 Å². The number of thiocarbonyl (C=S) groups is 1. The lowest BCUT2D eigenvalue weighted by Gasteiger charge is -2.13. The molecule has 1 saturated heterocycles. The second-order valence-electron chi connectivity index (χ2n) is 7.93. The van der Waals surface area contributed by atoms with Crippen LogP contribution in [-0.2, 0) is 16.1 Å². The average molecular weight is 511 g/mol. The van der Waals surface area contributed by atoms with E-state index in [0.717, 1.165) is 22.9 Å². The number of ether oxygens (including phenoxy) is 3. The van der Waals surface area contributed by atoms with Gasteiger partial charge in [-0.05, 0) is 42.3 Å². The van der Waals surface area contributed by atoms with Gasteiger partial charge in [0.2, 0.25) is 6.79 Å². The normalized spacial score (nSPS) is 16.1. The van der Waals surface area contributed by atoms with Crippen LogP contribution in [-0.4, -0.2) is 51.6 Å². The molecular weight excluding hydrogens is 488 g/mol. The highest BCUT2D eigenvalue weighted by molar-refractivity contribution is 8.26. The highest BCUT2D eigenvalue weighted by Crippen LogP contribution is 2.34. The predicted octanol–water partition coefficient (Wildman–Crippen LogP) is 3.19. The van der Waals surface area contributed by atoms with E-state index in [9.17, 15) is 9.59 Å². The molecule has 0 saturated carbocycles. The molecule has 5 rings (SSSR count). The molecule has 1 N–H and O–H groups in total. The maximum Gasteiger partial charge on any atom is 0.267 e. The van der Waals surface area contributed by atoms with Crippen LogP contribution in [0.25, 0.3) is 11.7 Å². The first-order chi connectivity index (χ1) is 17.0.